The minimum Gasteiger partial charge on any atom is -0.351 e. The zero-order valence-corrected chi connectivity index (χ0v) is 14.0. The minimum atomic E-state index is -0.0639. The highest BCUT2D eigenvalue weighted by Gasteiger charge is 2.30. The second kappa shape index (κ2) is 6.62. The van der Waals surface area contributed by atoms with Gasteiger partial charge in [0, 0.05) is 17.3 Å². The van der Waals surface area contributed by atoms with Gasteiger partial charge in [-0.3, -0.25) is 9.59 Å². The first-order valence-corrected chi connectivity index (χ1v) is 9.05. The number of aryl methyl sites for hydroxylation is 1. The number of hydrogen-bond acceptors (Lipinski definition) is 4. The van der Waals surface area contributed by atoms with Gasteiger partial charge in [-0.05, 0) is 49.3 Å². The van der Waals surface area contributed by atoms with Crippen LogP contribution < -0.4 is 10.6 Å². The summed E-state index contributed by atoms with van der Waals surface area (Å²) in [5, 5.41) is 8.64. The lowest BCUT2D eigenvalue weighted by Gasteiger charge is -2.03. The maximum Gasteiger partial charge on any atom is 0.261 e. The molecule has 0 saturated heterocycles. The lowest BCUT2D eigenvalue weighted by Crippen LogP contribution is -2.25. The smallest absolute Gasteiger partial charge is 0.261 e. The summed E-state index contributed by atoms with van der Waals surface area (Å²) in [7, 11) is 0. The molecular formula is C16H18N2O2S2. The summed E-state index contributed by atoms with van der Waals surface area (Å²) in [4.78, 5) is 25.9. The highest BCUT2D eigenvalue weighted by Crippen LogP contribution is 2.32. The van der Waals surface area contributed by atoms with Crippen molar-refractivity contribution in [2.75, 3.05) is 11.9 Å². The topological polar surface area (TPSA) is 58.2 Å². The molecule has 0 atom stereocenters. The van der Waals surface area contributed by atoms with E-state index in [0.717, 1.165) is 29.8 Å². The summed E-state index contributed by atoms with van der Waals surface area (Å²) in [6, 6.07) is 5.96. The quantitative estimate of drug-likeness (QED) is 0.850. The third-order valence-electron chi connectivity index (χ3n) is 3.56. The number of carbonyl (C=O) groups excluding carboxylic acids is 2. The van der Waals surface area contributed by atoms with E-state index in [1.807, 2.05) is 24.4 Å². The van der Waals surface area contributed by atoms with Gasteiger partial charge in [0.2, 0.25) is 5.91 Å². The van der Waals surface area contributed by atoms with Crippen LogP contribution >= 0.6 is 22.7 Å². The number of nitrogens with one attached hydrogen (secondary N) is 2. The van der Waals surface area contributed by atoms with Crippen LogP contribution in [-0.4, -0.2) is 18.4 Å². The van der Waals surface area contributed by atoms with Gasteiger partial charge in [0.15, 0.2) is 0 Å². The number of thiophene rings is 2. The molecule has 1 aliphatic rings. The van der Waals surface area contributed by atoms with Gasteiger partial charge >= 0.3 is 0 Å². The minimum absolute atomic E-state index is 0.0639. The average molecular weight is 334 g/mol. The van der Waals surface area contributed by atoms with Crippen molar-refractivity contribution in [2.24, 2.45) is 5.92 Å². The Morgan fingerprint density at radius 1 is 1.36 bits per heavy atom. The predicted octanol–water partition coefficient (Wildman–Crippen LogP) is 3.44. The van der Waals surface area contributed by atoms with Crippen LogP contribution in [0.1, 0.15) is 33.0 Å². The predicted molar refractivity (Wildman–Crippen MR) is 90.8 cm³/mol. The van der Waals surface area contributed by atoms with E-state index < -0.39 is 0 Å². The van der Waals surface area contributed by atoms with Crippen molar-refractivity contribution in [3.05, 3.63) is 38.9 Å². The average Bonchev–Trinajstić information content (AvgIpc) is 3.10. The fourth-order valence-corrected chi connectivity index (χ4v) is 3.87. The molecule has 1 saturated carbocycles. The highest BCUT2D eigenvalue weighted by atomic mass is 32.1. The third kappa shape index (κ3) is 3.75. The van der Waals surface area contributed by atoms with Crippen LogP contribution in [0.3, 0.4) is 0 Å². The summed E-state index contributed by atoms with van der Waals surface area (Å²) < 4.78 is 0. The first-order chi connectivity index (χ1) is 10.6. The van der Waals surface area contributed by atoms with Gasteiger partial charge in [0.05, 0.1) is 9.88 Å². The van der Waals surface area contributed by atoms with Crippen molar-refractivity contribution in [2.45, 2.75) is 26.2 Å². The van der Waals surface area contributed by atoms with Gasteiger partial charge in [0.1, 0.15) is 0 Å². The Morgan fingerprint density at radius 2 is 2.18 bits per heavy atom. The number of anilines is 1. The molecule has 0 spiro atoms. The Balaban J connectivity index is 1.55. The van der Waals surface area contributed by atoms with Crippen LogP contribution in [-0.2, 0) is 11.2 Å². The molecule has 1 aliphatic carbocycles. The van der Waals surface area contributed by atoms with Gasteiger partial charge in [-0.2, -0.15) is 0 Å². The van der Waals surface area contributed by atoms with E-state index in [2.05, 4.69) is 16.7 Å². The molecule has 2 amide bonds. The molecule has 116 valence electrons. The van der Waals surface area contributed by atoms with E-state index in [4.69, 9.17) is 0 Å². The maximum absolute atomic E-state index is 12.2. The monoisotopic (exact) mass is 334 g/mol. The fraction of sp³-hybridized carbons (Fsp3) is 0.375. The van der Waals surface area contributed by atoms with Gasteiger partial charge in [-0.1, -0.05) is 6.07 Å². The van der Waals surface area contributed by atoms with E-state index in [1.165, 1.54) is 16.2 Å². The van der Waals surface area contributed by atoms with Crippen LogP contribution in [0.5, 0.6) is 0 Å². The second-order valence-corrected chi connectivity index (χ2v) is 7.56. The fourth-order valence-electron chi connectivity index (χ4n) is 2.17. The first kappa shape index (κ1) is 15.2. The SMILES string of the molecule is Cc1cc(NC(=O)C2CC2)sc1C(=O)NCCc1cccs1. The number of amides is 2. The number of hydrogen-bond donors (Lipinski definition) is 2. The van der Waals surface area contributed by atoms with E-state index in [9.17, 15) is 9.59 Å². The van der Waals surface area contributed by atoms with Crippen LogP contribution in [0.2, 0.25) is 0 Å². The molecule has 0 radical (unpaired) electrons. The second-order valence-electron chi connectivity index (χ2n) is 5.47. The Labute approximate surface area is 137 Å². The van der Waals surface area contributed by atoms with Crippen molar-refractivity contribution >= 4 is 39.5 Å². The highest BCUT2D eigenvalue weighted by molar-refractivity contribution is 7.18. The van der Waals surface area contributed by atoms with E-state index in [1.54, 1.807) is 11.3 Å². The van der Waals surface area contributed by atoms with Crippen molar-refractivity contribution in [3.8, 4) is 0 Å². The molecule has 6 heteroatoms. The van der Waals surface area contributed by atoms with E-state index in [-0.39, 0.29) is 17.7 Å². The lowest BCUT2D eigenvalue weighted by atomic mass is 10.2. The molecule has 2 N–H and O–H groups in total. The Kier molecular flexibility index (Phi) is 4.59. The van der Waals surface area contributed by atoms with E-state index in [0.29, 0.717) is 11.4 Å². The molecule has 2 aromatic rings. The first-order valence-electron chi connectivity index (χ1n) is 7.35. The third-order valence-corrected chi connectivity index (χ3v) is 5.64. The molecule has 0 unspecified atom stereocenters. The zero-order chi connectivity index (χ0) is 15.5. The molecule has 0 aliphatic heterocycles. The summed E-state index contributed by atoms with van der Waals surface area (Å²) in [5.74, 6) is 0.183. The molecule has 0 aromatic carbocycles. The Hall–Kier alpha value is -1.66. The molecule has 3 rings (SSSR count). The molecule has 1 fully saturated rings. The lowest BCUT2D eigenvalue weighted by molar-refractivity contribution is -0.117. The molecular weight excluding hydrogens is 316 g/mol. The standard InChI is InChI=1S/C16H18N2O2S2/c1-10-9-13(18-15(19)11-4-5-11)22-14(10)16(20)17-7-6-12-3-2-8-21-12/h2-3,8-9,11H,4-7H2,1H3,(H,17,20)(H,18,19). The van der Waals surface area contributed by atoms with Crippen LogP contribution in [0.25, 0.3) is 0 Å². The van der Waals surface area contributed by atoms with Crippen molar-refractivity contribution < 1.29 is 9.59 Å². The Morgan fingerprint density at radius 3 is 2.86 bits per heavy atom. The molecule has 22 heavy (non-hydrogen) atoms. The molecule has 2 heterocycles. The molecule has 0 bridgehead atoms. The largest absolute Gasteiger partial charge is 0.351 e. The van der Waals surface area contributed by atoms with Crippen LogP contribution in [0, 0.1) is 12.8 Å². The number of rotatable bonds is 6. The number of carbonyl (C=O) groups is 2. The van der Waals surface area contributed by atoms with Gasteiger partial charge < -0.3 is 10.6 Å². The van der Waals surface area contributed by atoms with Crippen LogP contribution in [0.15, 0.2) is 23.6 Å². The van der Waals surface area contributed by atoms with Gasteiger partial charge in [-0.15, -0.1) is 22.7 Å². The van der Waals surface area contributed by atoms with Gasteiger partial charge in [0.25, 0.3) is 5.91 Å². The molecule has 4 nitrogen and oxygen atoms in total. The summed E-state index contributed by atoms with van der Waals surface area (Å²) in [6.45, 7) is 2.53. The molecule has 2 aromatic heterocycles. The summed E-state index contributed by atoms with van der Waals surface area (Å²) >= 11 is 3.04. The Bertz CT molecular complexity index is 672. The van der Waals surface area contributed by atoms with Crippen molar-refractivity contribution in [1.82, 2.24) is 5.32 Å². The zero-order valence-electron chi connectivity index (χ0n) is 12.3. The summed E-state index contributed by atoms with van der Waals surface area (Å²) in [6.07, 6.45) is 2.80. The van der Waals surface area contributed by atoms with Gasteiger partial charge in [-0.25, -0.2) is 0 Å². The van der Waals surface area contributed by atoms with Crippen LogP contribution in [0.4, 0.5) is 5.00 Å². The normalized spacial score (nSPS) is 13.9. The van der Waals surface area contributed by atoms with E-state index >= 15 is 0 Å². The maximum atomic E-state index is 12.2. The van der Waals surface area contributed by atoms with Crippen molar-refractivity contribution in [3.63, 3.8) is 0 Å². The van der Waals surface area contributed by atoms with Crippen molar-refractivity contribution in [1.29, 1.82) is 0 Å². The summed E-state index contributed by atoms with van der Waals surface area (Å²) in [5.41, 5.74) is 0.907.